The Labute approximate surface area is 236 Å². The van der Waals surface area contributed by atoms with Gasteiger partial charge in [-0.25, -0.2) is 0 Å². The van der Waals surface area contributed by atoms with E-state index in [4.69, 9.17) is 23.4 Å². The fourth-order valence-electron chi connectivity index (χ4n) is 4.86. The number of phenols is 4. The quantitative estimate of drug-likeness (QED) is 0.158. The molecule has 5 rings (SSSR count). The van der Waals surface area contributed by atoms with Crippen LogP contribution < -0.4 is 10.2 Å². The summed E-state index contributed by atoms with van der Waals surface area (Å²) in [4.78, 5) is 13.7. The second-order valence-corrected chi connectivity index (χ2v) is 10.2. The first kappa shape index (κ1) is 29.8. The van der Waals surface area contributed by atoms with Crippen LogP contribution in [-0.4, -0.2) is 108 Å². The third-order valence-corrected chi connectivity index (χ3v) is 7.26. The van der Waals surface area contributed by atoms with Gasteiger partial charge in [0.15, 0.2) is 23.5 Å². The van der Waals surface area contributed by atoms with E-state index in [1.165, 1.54) is 13.0 Å². The summed E-state index contributed by atoms with van der Waals surface area (Å²) in [7, 11) is 0. The summed E-state index contributed by atoms with van der Waals surface area (Å²) in [5.74, 6) is -4.21. The van der Waals surface area contributed by atoms with Crippen molar-refractivity contribution in [2.45, 2.75) is 56.1 Å². The minimum absolute atomic E-state index is 0.0330. The van der Waals surface area contributed by atoms with E-state index in [9.17, 15) is 50.8 Å². The van der Waals surface area contributed by atoms with Crippen molar-refractivity contribution >= 4 is 11.0 Å². The lowest BCUT2D eigenvalue weighted by Crippen LogP contribution is -2.58. The Morgan fingerprint density at radius 3 is 2.31 bits per heavy atom. The van der Waals surface area contributed by atoms with Gasteiger partial charge in [-0.3, -0.25) is 4.79 Å². The molecule has 228 valence electrons. The number of benzene rings is 2. The van der Waals surface area contributed by atoms with Crippen LogP contribution in [0, 0.1) is 5.92 Å². The molecule has 0 aliphatic carbocycles. The standard InChI is InChI=1S/C27H30O15/c1-9-19(33)20(34)12(7-38-27-23(37)21(35)16(32)8-39-27)26(40-9)42-25-22(36)18-15(31)5-11(28)6-17(18)41-24(25)10-2-3-13(29)14(30)4-10/h2-6,9,12,16,19-21,23,26-35,37H,7-8H2,1H3/t9-,12+,16-,19-,20-,21+,23-,26+,27-/m0/s1. The van der Waals surface area contributed by atoms with Gasteiger partial charge in [-0.2, -0.15) is 0 Å². The number of hydrogen-bond donors (Lipinski definition) is 9. The molecular weight excluding hydrogens is 564 g/mol. The van der Waals surface area contributed by atoms with Gasteiger partial charge >= 0.3 is 0 Å². The van der Waals surface area contributed by atoms with Crippen molar-refractivity contribution in [2.75, 3.05) is 13.2 Å². The van der Waals surface area contributed by atoms with Crippen molar-refractivity contribution in [2.24, 2.45) is 5.92 Å². The third kappa shape index (κ3) is 5.44. The normalized spacial score (nSPS) is 31.7. The highest BCUT2D eigenvalue weighted by Crippen LogP contribution is 2.40. The molecule has 2 aliphatic heterocycles. The largest absolute Gasteiger partial charge is 0.508 e. The maximum atomic E-state index is 13.7. The number of phenolic OH excluding ortho intramolecular Hbond substituents is 4. The number of aromatic hydroxyl groups is 4. The number of aliphatic hydroxyl groups excluding tert-OH is 5. The van der Waals surface area contributed by atoms with Crippen LogP contribution in [0.25, 0.3) is 22.3 Å². The average molecular weight is 595 g/mol. The number of fused-ring (bicyclic) bond motifs is 1. The first-order valence-corrected chi connectivity index (χ1v) is 12.9. The van der Waals surface area contributed by atoms with Gasteiger partial charge in [-0.05, 0) is 25.1 Å². The second kappa shape index (κ2) is 11.5. The molecule has 0 radical (unpaired) electrons. The van der Waals surface area contributed by atoms with E-state index in [2.05, 4.69) is 0 Å². The molecule has 9 atom stereocenters. The zero-order chi connectivity index (χ0) is 30.5. The summed E-state index contributed by atoms with van der Waals surface area (Å²) < 4.78 is 28.3. The van der Waals surface area contributed by atoms with Crippen molar-refractivity contribution in [1.29, 1.82) is 0 Å². The van der Waals surface area contributed by atoms with Crippen molar-refractivity contribution in [1.82, 2.24) is 0 Å². The van der Waals surface area contributed by atoms with Crippen LogP contribution in [0.15, 0.2) is 39.5 Å². The molecule has 0 unspecified atom stereocenters. The molecule has 2 fully saturated rings. The molecule has 9 N–H and O–H groups in total. The molecule has 3 aromatic rings. The van der Waals surface area contributed by atoms with E-state index in [1.807, 2.05) is 0 Å². The van der Waals surface area contributed by atoms with Gasteiger partial charge < -0.3 is 69.3 Å². The number of aliphatic hydroxyl groups is 5. The summed E-state index contributed by atoms with van der Waals surface area (Å²) in [6.07, 6.45) is -11.6. The molecule has 2 aromatic carbocycles. The predicted octanol–water partition coefficient (Wildman–Crippen LogP) is -0.800. The summed E-state index contributed by atoms with van der Waals surface area (Å²) in [5.41, 5.74) is -1.15. The monoisotopic (exact) mass is 594 g/mol. The topological polar surface area (TPSA) is 249 Å². The van der Waals surface area contributed by atoms with Crippen LogP contribution in [0.3, 0.4) is 0 Å². The first-order valence-electron chi connectivity index (χ1n) is 12.9. The molecule has 0 bridgehead atoms. The van der Waals surface area contributed by atoms with E-state index in [0.29, 0.717) is 0 Å². The Hall–Kier alpha value is -3.67. The lowest BCUT2D eigenvalue weighted by molar-refractivity contribution is -0.297. The van der Waals surface area contributed by atoms with E-state index < -0.39 is 95.9 Å². The van der Waals surface area contributed by atoms with Gasteiger partial charge in [0, 0.05) is 17.7 Å². The fraction of sp³-hybridized carbons (Fsp3) is 0.444. The minimum Gasteiger partial charge on any atom is -0.508 e. The van der Waals surface area contributed by atoms with E-state index >= 15 is 0 Å². The zero-order valence-electron chi connectivity index (χ0n) is 22.0. The molecule has 3 heterocycles. The summed E-state index contributed by atoms with van der Waals surface area (Å²) in [6, 6.07) is 5.46. The smallest absolute Gasteiger partial charge is 0.239 e. The molecule has 0 saturated carbocycles. The fourth-order valence-corrected chi connectivity index (χ4v) is 4.86. The van der Waals surface area contributed by atoms with E-state index in [1.54, 1.807) is 0 Å². The van der Waals surface area contributed by atoms with Crippen LogP contribution in [0.4, 0.5) is 0 Å². The van der Waals surface area contributed by atoms with Gasteiger partial charge in [0.2, 0.25) is 17.5 Å². The maximum absolute atomic E-state index is 13.7. The molecule has 0 amide bonds. The Balaban J connectivity index is 1.55. The average Bonchev–Trinajstić information content (AvgIpc) is 2.93. The van der Waals surface area contributed by atoms with Crippen LogP contribution >= 0.6 is 0 Å². The minimum atomic E-state index is -1.65. The van der Waals surface area contributed by atoms with Crippen LogP contribution in [0.1, 0.15) is 6.92 Å². The molecule has 42 heavy (non-hydrogen) atoms. The lowest BCUT2D eigenvalue weighted by atomic mass is 9.92. The van der Waals surface area contributed by atoms with Crippen molar-refractivity contribution in [3.63, 3.8) is 0 Å². The Morgan fingerprint density at radius 1 is 0.857 bits per heavy atom. The van der Waals surface area contributed by atoms with Crippen molar-refractivity contribution in [3.8, 4) is 40.1 Å². The highest BCUT2D eigenvalue weighted by Gasteiger charge is 2.46. The van der Waals surface area contributed by atoms with Gasteiger partial charge in [0.1, 0.15) is 46.9 Å². The predicted molar refractivity (Wildman–Crippen MR) is 139 cm³/mol. The highest BCUT2D eigenvalue weighted by atomic mass is 16.7. The van der Waals surface area contributed by atoms with Crippen LogP contribution in [-0.2, 0) is 14.2 Å². The first-order chi connectivity index (χ1) is 19.9. The van der Waals surface area contributed by atoms with Crippen molar-refractivity contribution < 1.29 is 69.3 Å². The van der Waals surface area contributed by atoms with E-state index in [-0.39, 0.29) is 28.9 Å². The maximum Gasteiger partial charge on any atom is 0.239 e. The number of hydrogen-bond acceptors (Lipinski definition) is 15. The Morgan fingerprint density at radius 2 is 1.60 bits per heavy atom. The summed E-state index contributed by atoms with van der Waals surface area (Å²) >= 11 is 0. The molecular formula is C27H30O15. The number of rotatable bonds is 6. The van der Waals surface area contributed by atoms with Gasteiger partial charge in [0.25, 0.3) is 0 Å². The molecule has 15 nitrogen and oxygen atoms in total. The van der Waals surface area contributed by atoms with Crippen LogP contribution in [0.2, 0.25) is 0 Å². The second-order valence-electron chi connectivity index (χ2n) is 10.2. The molecule has 15 heteroatoms. The van der Waals surface area contributed by atoms with Gasteiger partial charge in [0.05, 0.1) is 31.3 Å². The zero-order valence-corrected chi connectivity index (χ0v) is 22.0. The SMILES string of the molecule is C[C@@H]1O[C@H](Oc2c(-c3ccc(O)c(O)c3)oc3cc(O)cc(O)c3c2=O)[C@H](CO[C@H]2OC[C@H](O)[C@@H](O)[C@@H]2O)[C@H](O)[C@H]1O. The number of ether oxygens (including phenoxy) is 4. The Bertz CT molecular complexity index is 1510. The molecule has 2 saturated heterocycles. The summed E-state index contributed by atoms with van der Waals surface area (Å²) in [5, 5.41) is 91.1. The van der Waals surface area contributed by atoms with Crippen LogP contribution in [0.5, 0.6) is 28.7 Å². The molecule has 1 aromatic heterocycles. The van der Waals surface area contributed by atoms with Crippen molar-refractivity contribution in [3.05, 3.63) is 40.6 Å². The van der Waals surface area contributed by atoms with Gasteiger partial charge in [-0.1, -0.05) is 0 Å². The molecule has 0 spiro atoms. The third-order valence-electron chi connectivity index (χ3n) is 7.26. The summed E-state index contributed by atoms with van der Waals surface area (Å²) in [6.45, 7) is 0.573. The Kier molecular flexibility index (Phi) is 8.19. The van der Waals surface area contributed by atoms with E-state index in [0.717, 1.165) is 24.3 Å². The van der Waals surface area contributed by atoms with Gasteiger partial charge in [-0.15, -0.1) is 0 Å². The lowest BCUT2D eigenvalue weighted by Gasteiger charge is -2.42. The molecule has 2 aliphatic rings. The highest BCUT2D eigenvalue weighted by molar-refractivity contribution is 5.88.